The first-order chi connectivity index (χ1) is 11.8. The standard InChI is InChI=1S/C17H19ClN2O4S/c1-12(21)20-15-7-8-16(24-2)17(11-15)25(22,23)19-10-9-13-3-5-14(18)6-4-13/h3-8,11,19H,9-10H2,1-2H3,(H,20,21). The summed E-state index contributed by atoms with van der Waals surface area (Å²) >= 11 is 5.83. The minimum absolute atomic E-state index is 0.0302. The number of carbonyl (C=O) groups excluding carboxylic acids is 1. The molecule has 0 aliphatic carbocycles. The minimum Gasteiger partial charge on any atom is -0.495 e. The Balaban J connectivity index is 2.14. The molecule has 2 aromatic rings. The Morgan fingerprint density at radius 1 is 1.16 bits per heavy atom. The maximum Gasteiger partial charge on any atom is 0.244 e. The molecule has 25 heavy (non-hydrogen) atoms. The van der Waals surface area contributed by atoms with Gasteiger partial charge in [-0.1, -0.05) is 23.7 Å². The fraction of sp³-hybridized carbons (Fsp3) is 0.235. The molecule has 134 valence electrons. The lowest BCUT2D eigenvalue weighted by Gasteiger charge is -2.13. The summed E-state index contributed by atoms with van der Waals surface area (Å²) in [7, 11) is -2.40. The zero-order valence-corrected chi connectivity index (χ0v) is 15.4. The number of benzene rings is 2. The molecule has 0 bridgehead atoms. The van der Waals surface area contributed by atoms with E-state index in [1.165, 1.54) is 26.2 Å². The van der Waals surface area contributed by atoms with E-state index in [1.54, 1.807) is 18.2 Å². The Kier molecular flexibility index (Phi) is 6.41. The lowest BCUT2D eigenvalue weighted by atomic mass is 10.2. The number of hydrogen-bond donors (Lipinski definition) is 2. The third-order valence-corrected chi connectivity index (χ3v) is 5.13. The number of sulfonamides is 1. The van der Waals surface area contributed by atoms with Crippen LogP contribution in [-0.4, -0.2) is 28.0 Å². The highest BCUT2D eigenvalue weighted by Gasteiger charge is 2.20. The van der Waals surface area contributed by atoms with Crippen molar-refractivity contribution in [2.45, 2.75) is 18.2 Å². The molecule has 0 saturated carbocycles. The lowest BCUT2D eigenvalue weighted by Crippen LogP contribution is -2.26. The molecule has 6 nitrogen and oxygen atoms in total. The molecule has 2 aromatic carbocycles. The molecule has 0 spiro atoms. The van der Waals surface area contributed by atoms with Crippen LogP contribution in [-0.2, 0) is 21.2 Å². The minimum atomic E-state index is -3.79. The summed E-state index contributed by atoms with van der Waals surface area (Å²) in [6.07, 6.45) is 0.518. The Hall–Kier alpha value is -2.09. The van der Waals surface area contributed by atoms with Crippen LogP contribution in [0.25, 0.3) is 0 Å². The molecule has 2 rings (SSSR count). The van der Waals surface area contributed by atoms with E-state index in [4.69, 9.17) is 16.3 Å². The molecule has 0 atom stereocenters. The van der Waals surface area contributed by atoms with Crippen molar-refractivity contribution in [3.63, 3.8) is 0 Å². The summed E-state index contributed by atoms with van der Waals surface area (Å²) in [4.78, 5) is 11.1. The van der Waals surface area contributed by atoms with Gasteiger partial charge in [0.15, 0.2) is 0 Å². The molecule has 8 heteroatoms. The van der Waals surface area contributed by atoms with Crippen LogP contribution in [0.1, 0.15) is 12.5 Å². The quantitative estimate of drug-likeness (QED) is 0.771. The first kappa shape index (κ1) is 19.2. The second-order valence-corrected chi connectivity index (χ2v) is 7.49. The van der Waals surface area contributed by atoms with Crippen molar-refractivity contribution in [2.75, 3.05) is 19.0 Å². The van der Waals surface area contributed by atoms with Gasteiger partial charge in [0.1, 0.15) is 10.6 Å². The van der Waals surface area contributed by atoms with Crippen molar-refractivity contribution in [1.29, 1.82) is 0 Å². The molecule has 0 fully saturated rings. The van der Waals surface area contributed by atoms with E-state index in [0.717, 1.165) is 5.56 Å². The van der Waals surface area contributed by atoms with E-state index in [1.807, 2.05) is 12.1 Å². The molecular formula is C17H19ClN2O4S. The first-order valence-corrected chi connectivity index (χ1v) is 9.37. The summed E-state index contributed by atoms with van der Waals surface area (Å²) in [5.41, 5.74) is 1.34. The van der Waals surface area contributed by atoms with Crippen molar-refractivity contribution >= 4 is 33.2 Å². The molecule has 0 radical (unpaired) electrons. The number of hydrogen-bond acceptors (Lipinski definition) is 4. The van der Waals surface area contributed by atoms with Gasteiger partial charge < -0.3 is 10.1 Å². The predicted octanol–water partition coefficient (Wildman–Crippen LogP) is 2.83. The number of carbonyl (C=O) groups is 1. The van der Waals surface area contributed by atoms with Gasteiger partial charge in [-0.05, 0) is 42.3 Å². The van der Waals surface area contributed by atoms with Crippen LogP contribution >= 0.6 is 11.6 Å². The maximum absolute atomic E-state index is 12.6. The Bertz CT molecular complexity index is 851. The highest BCUT2D eigenvalue weighted by Crippen LogP contribution is 2.27. The number of rotatable bonds is 7. The van der Waals surface area contributed by atoms with Gasteiger partial charge in [-0.25, -0.2) is 13.1 Å². The lowest BCUT2D eigenvalue weighted by molar-refractivity contribution is -0.114. The van der Waals surface area contributed by atoms with Crippen LogP contribution in [0.3, 0.4) is 0 Å². The van der Waals surface area contributed by atoms with Crippen LogP contribution in [0, 0.1) is 0 Å². The van der Waals surface area contributed by atoms with Crippen molar-refractivity contribution in [2.24, 2.45) is 0 Å². The van der Waals surface area contributed by atoms with Crippen LogP contribution in [0.2, 0.25) is 5.02 Å². The summed E-state index contributed by atoms with van der Waals surface area (Å²) in [6.45, 7) is 1.57. The van der Waals surface area contributed by atoms with Crippen LogP contribution < -0.4 is 14.8 Å². The average molecular weight is 383 g/mol. The predicted molar refractivity (Wildman–Crippen MR) is 97.6 cm³/mol. The second-order valence-electron chi connectivity index (χ2n) is 5.32. The zero-order valence-electron chi connectivity index (χ0n) is 13.9. The van der Waals surface area contributed by atoms with Gasteiger partial charge in [0.05, 0.1) is 7.11 Å². The number of methoxy groups -OCH3 is 1. The molecule has 1 amide bonds. The van der Waals surface area contributed by atoms with Crippen LogP contribution in [0.5, 0.6) is 5.75 Å². The van der Waals surface area contributed by atoms with E-state index in [9.17, 15) is 13.2 Å². The van der Waals surface area contributed by atoms with Crippen LogP contribution in [0.4, 0.5) is 5.69 Å². The number of anilines is 1. The smallest absolute Gasteiger partial charge is 0.244 e. The van der Waals surface area contributed by atoms with Crippen molar-refractivity contribution in [1.82, 2.24) is 4.72 Å². The van der Waals surface area contributed by atoms with Crippen molar-refractivity contribution < 1.29 is 17.9 Å². The Morgan fingerprint density at radius 2 is 1.84 bits per heavy atom. The Morgan fingerprint density at radius 3 is 2.44 bits per heavy atom. The molecule has 0 aromatic heterocycles. The van der Waals surface area contributed by atoms with E-state index < -0.39 is 10.0 Å². The molecule has 0 saturated heterocycles. The van der Waals surface area contributed by atoms with Gasteiger partial charge in [-0.15, -0.1) is 0 Å². The summed E-state index contributed by atoms with van der Waals surface area (Å²) < 4.78 is 32.8. The normalized spacial score (nSPS) is 11.2. The molecular weight excluding hydrogens is 364 g/mol. The van der Waals surface area contributed by atoms with Crippen molar-refractivity contribution in [3.8, 4) is 5.75 Å². The SMILES string of the molecule is COc1ccc(NC(C)=O)cc1S(=O)(=O)NCCc1ccc(Cl)cc1. The third-order valence-electron chi connectivity index (χ3n) is 3.39. The van der Waals surface area contributed by atoms with E-state index in [2.05, 4.69) is 10.0 Å². The molecule has 0 aliphatic rings. The fourth-order valence-electron chi connectivity index (χ4n) is 2.23. The topological polar surface area (TPSA) is 84.5 Å². The van der Waals surface area contributed by atoms with E-state index >= 15 is 0 Å². The second kappa shape index (κ2) is 8.33. The number of amides is 1. The van der Waals surface area contributed by atoms with Gasteiger partial charge in [0, 0.05) is 24.2 Å². The molecule has 0 heterocycles. The summed E-state index contributed by atoms with van der Waals surface area (Å²) in [5.74, 6) is -0.0858. The molecule has 2 N–H and O–H groups in total. The first-order valence-electron chi connectivity index (χ1n) is 7.51. The third kappa shape index (κ3) is 5.45. The van der Waals surface area contributed by atoms with Gasteiger partial charge in [-0.2, -0.15) is 0 Å². The van der Waals surface area contributed by atoms with E-state index in [-0.39, 0.29) is 23.1 Å². The maximum atomic E-state index is 12.6. The Labute approximate surface area is 152 Å². The average Bonchev–Trinajstić information content (AvgIpc) is 2.56. The van der Waals surface area contributed by atoms with E-state index in [0.29, 0.717) is 17.1 Å². The molecule has 0 unspecified atom stereocenters. The fourth-order valence-corrected chi connectivity index (χ4v) is 3.58. The van der Waals surface area contributed by atoms with Gasteiger partial charge in [0.25, 0.3) is 0 Å². The highest BCUT2D eigenvalue weighted by atomic mass is 35.5. The van der Waals surface area contributed by atoms with Crippen LogP contribution in [0.15, 0.2) is 47.4 Å². The monoisotopic (exact) mass is 382 g/mol. The van der Waals surface area contributed by atoms with Gasteiger partial charge in [0.2, 0.25) is 15.9 Å². The summed E-state index contributed by atoms with van der Waals surface area (Å²) in [6, 6.07) is 11.6. The largest absolute Gasteiger partial charge is 0.495 e. The summed E-state index contributed by atoms with van der Waals surface area (Å²) in [5, 5.41) is 3.19. The zero-order chi connectivity index (χ0) is 18.4. The number of ether oxygens (including phenoxy) is 1. The number of halogens is 1. The highest BCUT2D eigenvalue weighted by molar-refractivity contribution is 7.89. The van der Waals surface area contributed by atoms with Gasteiger partial charge >= 0.3 is 0 Å². The molecule has 0 aliphatic heterocycles. The van der Waals surface area contributed by atoms with Gasteiger partial charge in [-0.3, -0.25) is 4.79 Å². The van der Waals surface area contributed by atoms with Crippen molar-refractivity contribution in [3.05, 3.63) is 53.1 Å². The number of nitrogens with one attached hydrogen (secondary N) is 2.